The van der Waals surface area contributed by atoms with Crippen LogP contribution in [0.3, 0.4) is 0 Å². The van der Waals surface area contributed by atoms with Crippen LogP contribution in [0.25, 0.3) is 0 Å². The molecule has 0 bridgehead atoms. The van der Waals surface area contributed by atoms with Crippen LogP contribution >= 0.6 is 11.6 Å². The normalized spacial score (nSPS) is 13.7. The molecule has 0 amide bonds. The second kappa shape index (κ2) is 5.32. The number of benzene rings is 1. The lowest BCUT2D eigenvalue weighted by Gasteiger charge is -2.11. The Balaban J connectivity index is 1.86. The highest BCUT2D eigenvalue weighted by Crippen LogP contribution is 2.33. The summed E-state index contributed by atoms with van der Waals surface area (Å²) in [7, 11) is 0. The van der Waals surface area contributed by atoms with Gasteiger partial charge in [0.05, 0.1) is 13.2 Å². The minimum Gasteiger partial charge on any atom is -0.490 e. The molecule has 0 fully saturated rings. The van der Waals surface area contributed by atoms with Crippen LogP contribution in [0.1, 0.15) is 6.42 Å². The summed E-state index contributed by atoms with van der Waals surface area (Å²) in [5.74, 6) is 1.99. The van der Waals surface area contributed by atoms with E-state index in [2.05, 4.69) is 15.3 Å². The maximum absolute atomic E-state index is 5.95. The van der Waals surface area contributed by atoms with Crippen molar-refractivity contribution in [3.05, 3.63) is 35.7 Å². The van der Waals surface area contributed by atoms with E-state index in [0.717, 1.165) is 23.6 Å². The molecule has 1 aliphatic heterocycles. The van der Waals surface area contributed by atoms with Gasteiger partial charge in [-0.05, 0) is 12.1 Å². The maximum atomic E-state index is 5.95. The lowest BCUT2D eigenvalue weighted by atomic mass is 10.2. The van der Waals surface area contributed by atoms with Crippen molar-refractivity contribution in [3.8, 4) is 11.5 Å². The standard InChI is InChI=1S/C13H12ClN3O2/c14-12-13(16-5-4-15-12)17-9-2-3-10-11(8-9)19-7-1-6-18-10/h2-5,8H,1,6-7H2,(H,16,17). The molecule has 1 aromatic carbocycles. The van der Waals surface area contributed by atoms with Crippen molar-refractivity contribution >= 4 is 23.1 Å². The number of hydrogen-bond donors (Lipinski definition) is 1. The van der Waals surface area contributed by atoms with Gasteiger partial charge in [0.1, 0.15) is 0 Å². The number of fused-ring (bicyclic) bond motifs is 1. The summed E-state index contributed by atoms with van der Waals surface area (Å²) in [6.07, 6.45) is 4.01. The van der Waals surface area contributed by atoms with E-state index in [0.29, 0.717) is 24.2 Å². The number of hydrogen-bond acceptors (Lipinski definition) is 5. The Morgan fingerprint density at radius 3 is 2.68 bits per heavy atom. The van der Waals surface area contributed by atoms with Gasteiger partial charge in [0.15, 0.2) is 22.5 Å². The molecule has 2 aromatic rings. The second-order valence-electron chi connectivity index (χ2n) is 4.03. The van der Waals surface area contributed by atoms with Gasteiger partial charge in [-0.25, -0.2) is 9.97 Å². The predicted molar refractivity (Wildman–Crippen MR) is 72.4 cm³/mol. The molecular formula is C13H12ClN3O2. The average molecular weight is 278 g/mol. The van der Waals surface area contributed by atoms with Crippen molar-refractivity contribution < 1.29 is 9.47 Å². The van der Waals surface area contributed by atoms with Crippen molar-refractivity contribution in [2.75, 3.05) is 18.5 Å². The van der Waals surface area contributed by atoms with Gasteiger partial charge in [-0.3, -0.25) is 0 Å². The smallest absolute Gasteiger partial charge is 0.171 e. The highest BCUT2D eigenvalue weighted by molar-refractivity contribution is 6.31. The lowest BCUT2D eigenvalue weighted by Crippen LogP contribution is -1.98. The maximum Gasteiger partial charge on any atom is 0.171 e. The molecule has 0 atom stereocenters. The summed E-state index contributed by atoms with van der Waals surface area (Å²) in [6, 6.07) is 5.62. The van der Waals surface area contributed by atoms with Gasteiger partial charge < -0.3 is 14.8 Å². The van der Waals surface area contributed by atoms with Gasteiger partial charge in [0, 0.05) is 30.6 Å². The van der Waals surface area contributed by atoms with Crippen LogP contribution in [0, 0.1) is 0 Å². The van der Waals surface area contributed by atoms with E-state index >= 15 is 0 Å². The van der Waals surface area contributed by atoms with E-state index in [4.69, 9.17) is 21.1 Å². The second-order valence-corrected chi connectivity index (χ2v) is 4.39. The third-order valence-corrected chi connectivity index (χ3v) is 2.94. The Bertz CT molecular complexity index is 592. The van der Waals surface area contributed by atoms with E-state index in [9.17, 15) is 0 Å². The minimum atomic E-state index is 0.328. The molecule has 3 rings (SSSR count). The molecule has 19 heavy (non-hydrogen) atoms. The summed E-state index contributed by atoms with van der Waals surface area (Å²) in [6.45, 7) is 1.33. The van der Waals surface area contributed by atoms with E-state index in [1.807, 2.05) is 18.2 Å². The fourth-order valence-corrected chi connectivity index (χ4v) is 1.94. The first-order valence-electron chi connectivity index (χ1n) is 5.96. The first kappa shape index (κ1) is 12.0. The minimum absolute atomic E-state index is 0.328. The van der Waals surface area contributed by atoms with Crippen LogP contribution in [0.2, 0.25) is 5.15 Å². The molecule has 6 heteroatoms. The van der Waals surface area contributed by atoms with E-state index in [1.165, 1.54) is 0 Å². The first-order valence-corrected chi connectivity index (χ1v) is 6.34. The molecule has 1 aromatic heterocycles. The third-order valence-electron chi connectivity index (χ3n) is 2.66. The van der Waals surface area contributed by atoms with E-state index in [1.54, 1.807) is 12.4 Å². The third kappa shape index (κ3) is 2.71. The molecular weight excluding hydrogens is 266 g/mol. The van der Waals surface area contributed by atoms with Crippen molar-refractivity contribution in [3.63, 3.8) is 0 Å². The molecule has 0 aliphatic carbocycles. The zero-order valence-corrected chi connectivity index (χ0v) is 10.9. The summed E-state index contributed by atoms with van der Waals surface area (Å²) < 4.78 is 11.2. The number of aromatic nitrogens is 2. The van der Waals surface area contributed by atoms with Crippen LogP contribution in [0.15, 0.2) is 30.6 Å². The Hall–Kier alpha value is -2.01. The average Bonchev–Trinajstić information content (AvgIpc) is 2.66. The number of rotatable bonds is 2. The van der Waals surface area contributed by atoms with Gasteiger partial charge in [-0.15, -0.1) is 0 Å². The molecule has 0 unspecified atom stereocenters. The Kier molecular flexibility index (Phi) is 3.37. The van der Waals surface area contributed by atoms with Crippen molar-refractivity contribution in [1.82, 2.24) is 9.97 Å². The Morgan fingerprint density at radius 1 is 1.05 bits per heavy atom. The monoisotopic (exact) mass is 277 g/mol. The SMILES string of the molecule is Clc1nccnc1Nc1ccc2c(c1)OCCCO2. The summed E-state index contributed by atoms with van der Waals surface area (Å²) in [4.78, 5) is 8.09. The van der Waals surface area contributed by atoms with Gasteiger partial charge >= 0.3 is 0 Å². The molecule has 0 radical (unpaired) electrons. The predicted octanol–water partition coefficient (Wildman–Crippen LogP) is 3.03. The lowest BCUT2D eigenvalue weighted by molar-refractivity contribution is 0.297. The molecule has 0 saturated carbocycles. The molecule has 5 nitrogen and oxygen atoms in total. The van der Waals surface area contributed by atoms with Crippen LogP contribution < -0.4 is 14.8 Å². The largest absolute Gasteiger partial charge is 0.490 e. The van der Waals surface area contributed by atoms with Gasteiger partial charge in [-0.2, -0.15) is 0 Å². The Morgan fingerprint density at radius 2 is 1.84 bits per heavy atom. The van der Waals surface area contributed by atoms with Crippen LogP contribution in [0.5, 0.6) is 11.5 Å². The topological polar surface area (TPSA) is 56.3 Å². The fourth-order valence-electron chi connectivity index (χ4n) is 1.78. The number of nitrogens with one attached hydrogen (secondary N) is 1. The van der Waals surface area contributed by atoms with Gasteiger partial charge in [0.25, 0.3) is 0 Å². The van der Waals surface area contributed by atoms with Crippen LogP contribution in [0.4, 0.5) is 11.5 Å². The van der Waals surface area contributed by atoms with Gasteiger partial charge in [0.2, 0.25) is 0 Å². The van der Waals surface area contributed by atoms with E-state index < -0.39 is 0 Å². The number of nitrogens with zero attached hydrogens (tertiary/aromatic N) is 2. The van der Waals surface area contributed by atoms with Crippen molar-refractivity contribution in [2.24, 2.45) is 0 Å². The molecule has 2 heterocycles. The first-order chi connectivity index (χ1) is 9.33. The van der Waals surface area contributed by atoms with E-state index in [-0.39, 0.29) is 0 Å². The molecule has 1 aliphatic rings. The number of halogens is 1. The quantitative estimate of drug-likeness (QED) is 0.914. The Labute approximate surface area is 115 Å². The number of ether oxygens (including phenoxy) is 2. The summed E-state index contributed by atoms with van der Waals surface area (Å²) >= 11 is 5.95. The molecule has 0 saturated heterocycles. The highest BCUT2D eigenvalue weighted by Gasteiger charge is 2.11. The zero-order chi connectivity index (χ0) is 13.1. The molecule has 0 spiro atoms. The van der Waals surface area contributed by atoms with Crippen LogP contribution in [-0.2, 0) is 0 Å². The van der Waals surface area contributed by atoms with Crippen LogP contribution in [-0.4, -0.2) is 23.2 Å². The fraction of sp³-hybridized carbons (Fsp3) is 0.231. The van der Waals surface area contributed by atoms with Crippen molar-refractivity contribution in [2.45, 2.75) is 6.42 Å². The molecule has 98 valence electrons. The summed E-state index contributed by atoms with van der Waals surface area (Å²) in [5, 5.41) is 3.43. The number of anilines is 2. The molecule has 1 N–H and O–H groups in total. The van der Waals surface area contributed by atoms with Gasteiger partial charge in [-0.1, -0.05) is 11.6 Å². The van der Waals surface area contributed by atoms with Crippen molar-refractivity contribution in [1.29, 1.82) is 0 Å². The zero-order valence-electron chi connectivity index (χ0n) is 10.1. The highest BCUT2D eigenvalue weighted by atomic mass is 35.5. The summed E-state index contributed by atoms with van der Waals surface area (Å²) in [5.41, 5.74) is 0.826.